The zero-order valence-electron chi connectivity index (χ0n) is 26.6. The van der Waals surface area contributed by atoms with Crippen LogP contribution in [0.2, 0.25) is 0 Å². The molecule has 0 N–H and O–H groups in total. The van der Waals surface area contributed by atoms with Crippen LogP contribution in [0.3, 0.4) is 0 Å². The summed E-state index contributed by atoms with van der Waals surface area (Å²) in [6.07, 6.45) is -10.0. The number of anilines is 3. The SMILES string of the molecule is C=C(C)C(=O)Oc1ccc(N(c2ccc(OC(=O)C(C)C)c(C(F)(F)F)c2)c2ccc3c(c2)C(C)(C)c2ccccc2-3)cc1C(F)(F)F. The van der Waals surface area contributed by atoms with Crippen molar-refractivity contribution in [2.75, 3.05) is 4.90 Å². The molecule has 0 bridgehead atoms. The van der Waals surface area contributed by atoms with Crippen molar-refractivity contribution < 1.29 is 45.4 Å². The molecule has 0 unspecified atom stereocenters. The van der Waals surface area contributed by atoms with Crippen LogP contribution in [-0.2, 0) is 27.4 Å². The average molecular weight is 668 g/mol. The largest absolute Gasteiger partial charge is 0.426 e. The van der Waals surface area contributed by atoms with E-state index in [2.05, 4.69) is 6.58 Å². The molecule has 0 spiro atoms. The lowest BCUT2D eigenvalue weighted by Crippen LogP contribution is -2.19. The highest BCUT2D eigenvalue weighted by atomic mass is 19.4. The number of hydrogen-bond acceptors (Lipinski definition) is 5. The number of rotatable bonds is 7. The monoisotopic (exact) mass is 667 g/mol. The molecule has 0 amide bonds. The number of alkyl halides is 6. The number of fused-ring (bicyclic) bond motifs is 3. The van der Waals surface area contributed by atoms with Crippen LogP contribution in [-0.4, -0.2) is 11.9 Å². The van der Waals surface area contributed by atoms with E-state index >= 15 is 0 Å². The Morgan fingerprint density at radius 3 is 1.71 bits per heavy atom. The molecule has 4 aromatic carbocycles. The van der Waals surface area contributed by atoms with Crippen molar-refractivity contribution in [2.45, 2.75) is 52.4 Å². The van der Waals surface area contributed by atoms with Gasteiger partial charge in [-0.3, -0.25) is 4.79 Å². The van der Waals surface area contributed by atoms with Gasteiger partial charge in [0.25, 0.3) is 0 Å². The zero-order valence-corrected chi connectivity index (χ0v) is 26.6. The van der Waals surface area contributed by atoms with Gasteiger partial charge < -0.3 is 14.4 Å². The van der Waals surface area contributed by atoms with Crippen molar-refractivity contribution >= 4 is 29.0 Å². The minimum atomic E-state index is -5.01. The summed E-state index contributed by atoms with van der Waals surface area (Å²) < 4.78 is 96.5. The molecule has 0 radical (unpaired) electrons. The Labute approximate surface area is 273 Å². The van der Waals surface area contributed by atoms with Crippen LogP contribution in [0.25, 0.3) is 11.1 Å². The van der Waals surface area contributed by atoms with Crippen molar-refractivity contribution in [3.05, 3.63) is 113 Å². The lowest BCUT2D eigenvalue weighted by molar-refractivity contribution is -0.144. The number of ether oxygens (including phenoxy) is 2. The zero-order chi connectivity index (χ0) is 35.3. The molecule has 0 atom stereocenters. The molecule has 1 aliphatic carbocycles. The maximum atomic E-state index is 14.4. The van der Waals surface area contributed by atoms with Crippen molar-refractivity contribution in [1.29, 1.82) is 0 Å². The van der Waals surface area contributed by atoms with Crippen LogP contribution in [0.1, 0.15) is 56.9 Å². The van der Waals surface area contributed by atoms with Crippen molar-refractivity contribution in [3.63, 3.8) is 0 Å². The Bertz CT molecular complexity index is 1940. The van der Waals surface area contributed by atoms with Gasteiger partial charge in [0.1, 0.15) is 22.6 Å². The second-order valence-corrected chi connectivity index (χ2v) is 12.3. The van der Waals surface area contributed by atoms with Gasteiger partial charge in [0, 0.05) is 28.1 Å². The van der Waals surface area contributed by atoms with Gasteiger partial charge in [-0.25, -0.2) is 4.79 Å². The van der Waals surface area contributed by atoms with Crippen LogP contribution in [0.5, 0.6) is 11.5 Å². The summed E-state index contributed by atoms with van der Waals surface area (Å²) in [5.74, 6) is -4.23. The summed E-state index contributed by atoms with van der Waals surface area (Å²) in [6, 6.07) is 18.6. The minimum Gasteiger partial charge on any atom is -0.426 e. The number of esters is 2. The molecular weight excluding hydrogens is 636 g/mol. The van der Waals surface area contributed by atoms with Gasteiger partial charge in [0.15, 0.2) is 0 Å². The predicted octanol–water partition coefficient (Wildman–Crippen LogP) is 10.5. The van der Waals surface area contributed by atoms with E-state index in [1.807, 2.05) is 38.1 Å². The first-order chi connectivity index (χ1) is 22.3. The third-order valence-electron chi connectivity index (χ3n) is 8.11. The fourth-order valence-electron chi connectivity index (χ4n) is 5.63. The Balaban J connectivity index is 1.75. The Kier molecular flexibility index (Phi) is 8.71. The highest BCUT2D eigenvalue weighted by molar-refractivity contribution is 5.90. The number of carbonyl (C=O) groups is 2. The topological polar surface area (TPSA) is 55.8 Å². The molecule has 11 heteroatoms. The molecule has 48 heavy (non-hydrogen) atoms. The van der Waals surface area contributed by atoms with E-state index in [9.17, 15) is 35.9 Å². The van der Waals surface area contributed by atoms with Gasteiger partial charge >= 0.3 is 24.3 Å². The van der Waals surface area contributed by atoms with E-state index in [0.717, 1.165) is 40.5 Å². The predicted molar refractivity (Wildman–Crippen MR) is 170 cm³/mol. The lowest BCUT2D eigenvalue weighted by Gasteiger charge is -2.29. The van der Waals surface area contributed by atoms with Gasteiger partial charge in [0.2, 0.25) is 0 Å². The number of carbonyl (C=O) groups excluding carboxylic acids is 2. The number of halogens is 6. The first kappa shape index (κ1) is 34.3. The van der Waals surface area contributed by atoms with Crippen molar-refractivity contribution in [2.24, 2.45) is 5.92 Å². The standard InChI is InChI=1S/C37H31F6NO4/c1-20(2)33(45)47-31-15-12-23(18-29(31)36(38,39)40)44(24-13-16-32(48-34(46)21(3)4)30(19-24)37(41,42)43)22-11-14-26-25-9-7-8-10-27(25)35(5,6)28(26)17-22/h7-19,21H,1H2,2-6H3. The smallest absolute Gasteiger partial charge is 0.420 e. The van der Waals surface area contributed by atoms with Gasteiger partial charge in [-0.15, -0.1) is 0 Å². The molecule has 4 aromatic rings. The summed E-state index contributed by atoms with van der Waals surface area (Å²) in [6.45, 7) is 11.6. The van der Waals surface area contributed by atoms with E-state index in [4.69, 9.17) is 9.47 Å². The molecule has 0 aliphatic heterocycles. The van der Waals surface area contributed by atoms with E-state index in [1.165, 1.54) is 37.8 Å². The average Bonchev–Trinajstić information content (AvgIpc) is 3.23. The first-order valence-electron chi connectivity index (χ1n) is 14.9. The van der Waals surface area contributed by atoms with Crippen LogP contribution < -0.4 is 14.4 Å². The van der Waals surface area contributed by atoms with Gasteiger partial charge in [0.05, 0.1) is 5.92 Å². The van der Waals surface area contributed by atoms with Gasteiger partial charge in [-0.2, -0.15) is 26.3 Å². The number of nitrogens with zero attached hydrogens (tertiary/aromatic N) is 1. The van der Waals surface area contributed by atoms with Gasteiger partial charge in [-0.05, 0) is 77.7 Å². The molecule has 250 valence electrons. The van der Waals surface area contributed by atoms with Crippen LogP contribution in [0.15, 0.2) is 91.0 Å². The second-order valence-electron chi connectivity index (χ2n) is 12.3. The van der Waals surface area contributed by atoms with E-state index in [0.29, 0.717) is 6.07 Å². The van der Waals surface area contributed by atoms with Crippen LogP contribution >= 0.6 is 0 Å². The highest BCUT2D eigenvalue weighted by Crippen LogP contribution is 2.51. The summed E-state index contributed by atoms with van der Waals surface area (Å²) in [5, 5.41) is 0. The molecular formula is C37H31F6NO4. The number of benzene rings is 4. The van der Waals surface area contributed by atoms with Crippen LogP contribution in [0, 0.1) is 5.92 Å². The Morgan fingerprint density at radius 2 is 1.19 bits per heavy atom. The Morgan fingerprint density at radius 1 is 0.708 bits per heavy atom. The number of hydrogen-bond donors (Lipinski definition) is 0. The third-order valence-corrected chi connectivity index (χ3v) is 8.11. The maximum Gasteiger partial charge on any atom is 0.420 e. The fourth-order valence-corrected chi connectivity index (χ4v) is 5.63. The van der Waals surface area contributed by atoms with E-state index in [1.54, 1.807) is 18.2 Å². The second kappa shape index (κ2) is 12.2. The molecule has 0 heterocycles. The van der Waals surface area contributed by atoms with Gasteiger partial charge in [-0.1, -0.05) is 64.6 Å². The normalized spacial score (nSPS) is 13.5. The maximum absolute atomic E-state index is 14.4. The molecule has 5 nitrogen and oxygen atoms in total. The summed E-state index contributed by atoms with van der Waals surface area (Å²) in [4.78, 5) is 25.6. The summed E-state index contributed by atoms with van der Waals surface area (Å²) in [5.41, 5.74) is 0.294. The molecule has 0 saturated carbocycles. The molecule has 1 aliphatic rings. The van der Waals surface area contributed by atoms with E-state index < -0.39 is 58.3 Å². The van der Waals surface area contributed by atoms with Crippen LogP contribution in [0.4, 0.5) is 43.4 Å². The van der Waals surface area contributed by atoms with Crippen molar-refractivity contribution in [1.82, 2.24) is 0 Å². The first-order valence-corrected chi connectivity index (χ1v) is 14.9. The quantitative estimate of drug-likeness (QED) is 0.0850. The minimum absolute atomic E-state index is 0.131. The highest BCUT2D eigenvalue weighted by Gasteiger charge is 2.39. The van der Waals surface area contributed by atoms with Crippen molar-refractivity contribution in [3.8, 4) is 22.6 Å². The Hall–Kier alpha value is -5.06. The lowest BCUT2D eigenvalue weighted by atomic mass is 9.82. The fraction of sp³-hybridized carbons (Fsp3) is 0.243. The molecule has 5 rings (SSSR count). The molecule has 0 aromatic heterocycles. The molecule has 0 fully saturated rings. The third kappa shape index (κ3) is 6.41. The summed E-state index contributed by atoms with van der Waals surface area (Å²) in [7, 11) is 0. The molecule has 0 saturated heterocycles. The summed E-state index contributed by atoms with van der Waals surface area (Å²) >= 11 is 0. The van der Waals surface area contributed by atoms with E-state index in [-0.39, 0.29) is 22.6 Å².